The molecule has 3 nitrogen and oxygen atoms in total. The van der Waals surface area contributed by atoms with E-state index >= 15 is 0 Å². The van der Waals surface area contributed by atoms with E-state index in [1.54, 1.807) is 19.1 Å². The van der Waals surface area contributed by atoms with E-state index in [-0.39, 0.29) is 5.75 Å². The Balaban J connectivity index is 2.07. The predicted octanol–water partition coefficient (Wildman–Crippen LogP) is 3.13. The van der Waals surface area contributed by atoms with Crippen molar-refractivity contribution in [2.45, 2.75) is 18.2 Å². The number of anilines is 1. The SMILES string of the molecule is CCS(=O)(=O)c1ccccc1NCCc1ccccc1. The third-order valence-electron chi connectivity index (χ3n) is 3.17. The second-order valence-electron chi connectivity index (χ2n) is 4.56. The Labute approximate surface area is 120 Å². The molecule has 0 aliphatic rings. The molecule has 0 heterocycles. The molecule has 0 atom stereocenters. The number of nitrogens with one attached hydrogen (secondary N) is 1. The van der Waals surface area contributed by atoms with Crippen molar-refractivity contribution in [2.24, 2.45) is 0 Å². The molecule has 0 aromatic heterocycles. The first-order valence-corrected chi connectivity index (χ1v) is 8.38. The lowest BCUT2D eigenvalue weighted by atomic mass is 10.1. The van der Waals surface area contributed by atoms with Crippen molar-refractivity contribution in [3.05, 3.63) is 60.2 Å². The van der Waals surface area contributed by atoms with Crippen LogP contribution in [0, 0.1) is 0 Å². The number of para-hydroxylation sites is 1. The average molecular weight is 289 g/mol. The van der Waals surface area contributed by atoms with Crippen LogP contribution in [0.2, 0.25) is 0 Å². The van der Waals surface area contributed by atoms with Crippen LogP contribution in [-0.2, 0) is 16.3 Å². The molecule has 2 aromatic rings. The Kier molecular flexibility index (Phi) is 4.79. The highest BCUT2D eigenvalue weighted by Crippen LogP contribution is 2.21. The highest BCUT2D eigenvalue weighted by atomic mass is 32.2. The van der Waals surface area contributed by atoms with Crippen LogP contribution in [-0.4, -0.2) is 20.7 Å². The Bertz CT molecular complexity index is 651. The van der Waals surface area contributed by atoms with Crippen molar-refractivity contribution < 1.29 is 8.42 Å². The summed E-state index contributed by atoms with van der Waals surface area (Å²) in [6.07, 6.45) is 0.862. The zero-order valence-electron chi connectivity index (χ0n) is 11.5. The van der Waals surface area contributed by atoms with E-state index in [9.17, 15) is 8.42 Å². The number of hydrogen-bond acceptors (Lipinski definition) is 3. The second-order valence-corrected chi connectivity index (χ2v) is 6.81. The smallest absolute Gasteiger partial charge is 0.180 e. The number of sulfone groups is 1. The summed E-state index contributed by atoms with van der Waals surface area (Å²) < 4.78 is 24.0. The van der Waals surface area contributed by atoms with Crippen molar-refractivity contribution in [1.82, 2.24) is 0 Å². The Morgan fingerprint density at radius 1 is 0.950 bits per heavy atom. The van der Waals surface area contributed by atoms with Gasteiger partial charge in [-0.05, 0) is 24.1 Å². The monoisotopic (exact) mass is 289 g/mol. The lowest BCUT2D eigenvalue weighted by Gasteiger charge is -2.11. The van der Waals surface area contributed by atoms with Crippen molar-refractivity contribution in [2.75, 3.05) is 17.6 Å². The van der Waals surface area contributed by atoms with Gasteiger partial charge in [-0.15, -0.1) is 0 Å². The first-order valence-electron chi connectivity index (χ1n) is 6.73. The van der Waals surface area contributed by atoms with Gasteiger partial charge in [-0.2, -0.15) is 0 Å². The highest BCUT2D eigenvalue weighted by Gasteiger charge is 2.15. The molecular formula is C16H19NO2S. The van der Waals surface area contributed by atoms with E-state index in [2.05, 4.69) is 17.4 Å². The van der Waals surface area contributed by atoms with Crippen LogP contribution in [0.1, 0.15) is 12.5 Å². The predicted molar refractivity (Wildman–Crippen MR) is 82.8 cm³/mol. The topological polar surface area (TPSA) is 46.2 Å². The Morgan fingerprint density at radius 3 is 2.30 bits per heavy atom. The molecule has 0 saturated heterocycles. The largest absolute Gasteiger partial charge is 0.384 e. The quantitative estimate of drug-likeness (QED) is 0.888. The molecule has 0 fully saturated rings. The molecule has 1 N–H and O–H groups in total. The Morgan fingerprint density at radius 2 is 1.60 bits per heavy atom. The standard InChI is InChI=1S/C16H19NO2S/c1-2-20(18,19)16-11-7-6-10-15(16)17-13-12-14-8-4-3-5-9-14/h3-11,17H,2,12-13H2,1H3. The summed E-state index contributed by atoms with van der Waals surface area (Å²) in [4.78, 5) is 0.385. The summed E-state index contributed by atoms with van der Waals surface area (Å²) >= 11 is 0. The zero-order valence-corrected chi connectivity index (χ0v) is 12.4. The molecule has 0 amide bonds. The van der Waals surface area contributed by atoms with Gasteiger partial charge in [0, 0.05) is 6.54 Å². The molecule has 0 aliphatic carbocycles. The lowest BCUT2D eigenvalue weighted by molar-refractivity contribution is 0.597. The summed E-state index contributed by atoms with van der Waals surface area (Å²) in [6.45, 7) is 2.37. The fourth-order valence-electron chi connectivity index (χ4n) is 2.03. The van der Waals surface area contributed by atoms with Gasteiger partial charge in [0.05, 0.1) is 16.3 Å². The third-order valence-corrected chi connectivity index (χ3v) is 4.96. The van der Waals surface area contributed by atoms with E-state index in [1.807, 2.05) is 30.3 Å². The summed E-state index contributed by atoms with van der Waals surface area (Å²) in [6, 6.07) is 17.2. The van der Waals surface area contributed by atoms with Crippen LogP contribution in [0.15, 0.2) is 59.5 Å². The normalized spacial score (nSPS) is 11.2. The molecule has 0 unspecified atom stereocenters. The molecule has 0 aliphatic heterocycles. The van der Waals surface area contributed by atoms with Crippen LogP contribution >= 0.6 is 0 Å². The summed E-state index contributed by atoms with van der Waals surface area (Å²) in [5.41, 5.74) is 1.92. The second kappa shape index (κ2) is 6.57. The van der Waals surface area contributed by atoms with Gasteiger partial charge in [0.15, 0.2) is 9.84 Å². The van der Waals surface area contributed by atoms with Crippen LogP contribution < -0.4 is 5.32 Å². The first-order chi connectivity index (χ1) is 9.63. The molecule has 20 heavy (non-hydrogen) atoms. The molecule has 2 rings (SSSR count). The van der Waals surface area contributed by atoms with Gasteiger partial charge in [0.25, 0.3) is 0 Å². The number of rotatable bonds is 6. The third kappa shape index (κ3) is 3.61. The molecular weight excluding hydrogens is 270 g/mol. The minimum Gasteiger partial charge on any atom is -0.384 e. The maximum atomic E-state index is 12.0. The van der Waals surface area contributed by atoms with E-state index in [1.165, 1.54) is 5.56 Å². The van der Waals surface area contributed by atoms with Gasteiger partial charge in [-0.25, -0.2) is 8.42 Å². The zero-order chi connectivity index (χ0) is 14.4. The summed E-state index contributed by atoms with van der Waals surface area (Å²) in [7, 11) is -3.19. The highest BCUT2D eigenvalue weighted by molar-refractivity contribution is 7.91. The van der Waals surface area contributed by atoms with Crippen molar-refractivity contribution in [1.29, 1.82) is 0 Å². The number of hydrogen-bond donors (Lipinski definition) is 1. The van der Waals surface area contributed by atoms with Gasteiger partial charge < -0.3 is 5.32 Å². The van der Waals surface area contributed by atoms with Crippen molar-refractivity contribution in [3.8, 4) is 0 Å². The molecule has 0 bridgehead atoms. The van der Waals surface area contributed by atoms with Gasteiger partial charge in [0.2, 0.25) is 0 Å². The minimum absolute atomic E-state index is 0.115. The molecule has 4 heteroatoms. The van der Waals surface area contributed by atoms with Gasteiger partial charge in [-0.3, -0.25) is 0 Å². The van der Waals surface area contributed by atoms with E-state index in [0.29, 0.717) is 17.1 Å². The van der Waals surface area contributed by atoms with Crippen LogP contribution in [0.5, 0.6) is 0 Å². The van der Waals surface area contributed by atoms with Crippen LogP contribution in [0.4, 0.5) is 5.69 Å². The number of benzene rings is 2. The Hall–Kier alpha value is -1.81. The molecule has 106 valence electrons. The minimum atomic E-state index is -3.19. The molecule has 0 spiro atoms. The van der Waals surface area contributed by atoms with Crippen molar-refractivity contribution in [3.63, 3.8) is 0 Å². The lowest BCUT2D eigenvalue weighted by Crippen LogP contribution is -2.11. The van der Waals surface area contributed by atoms with Crippen LogP contribution in [0.25, 0.3) is 0 Å². The fraction of sp³-hybridized carbons (Fsp3) is 0.250. The van der Waals surface area contributed by atoms with Crippen molar-refractivity contribution >= 4 is 15.5 Å². The molecule has 0 radical (unpaired) electrons. The maximum absolute atomic E-state index is 12.0. The van der Waals surface area contributed by atoms with E-state index in [4.69, 9.17) is 0 Å². The summed E-state index contributed by atoms with van der Waals surface area (Å²) in [5, 5.41) is 3.22. The fourth-order valence-corrected chi connectivity index (χ4v) is 3.10. The van der Waals surface area contributed by atoms with Gasteiger partial charge in [-0.1, -0.05) is 49.4 Å². The van der Waals surface area contributed by atoms with Gasteiger partial charge in [0.1, 0.15) is 0 Å². The molecule has 0 saturated carbocycles. The average Bonchev–Trinajstić information content (AvgIpc) is 2.49. The first kappa shape index (κ1) is 14.6. The maximum Gasteiger partial charge on any atom is 0.180 e. The van der Waals surface area contributed by atoms with E-state index in [0.717, 1.165) is 6.42 Å². The summed E-state index contributed by atoms with van der Waals surface area (Å²) in [5.74, 6) is 0.115. The van der Waals surface area contributed by atoms with Crippen LogP contribution in [0.3, 0.4) is 0 Å². The van der Waals surface area contributed by atoms with E-state index < -0.39 is 9.84 Å². The van der Waals surface area contributed by atoms with Gasteiger partial charge >= 0.3 is 0 Å². The molecule has 2 aromatic carbocycles.